The Balaban J connectivity index is 4.76. The van der Waals surface area contributed by atoms with Gasteiger partial charge in [-0.1, -0.05) is 0 Å². The summed E-state index contributed by atoms with van der Waals surface area (Å²) >= 11 is 0. The fraction of sp³-hybridized carbons (Fsp3) is 0.833. The zero-order valence-corrected chi connectivity index (χ0v) is 12.1. The first-order valence-corrected chi connectivity index (χ1v) is 6.11. The molecule has 0 saturated carbocycles. The quantitative estimate of drug-likeness (QED) is 0.670. The third-order valence-electron chi connectivity index (χ3n) is 2.33. The first-order valence-electron chi connectivity index (χ1n) is 6.11. The number of ether oxygens (including phenoxy) is 1. The van der Waals surface area contributed by atoms with Gasteiger partial charge in [0.15, 0.2) is 0 Å². The van der Waals surface area contributed by atoms with E-state index in [1.165, 1.54) is 4.90 Å². The summed E-state index contributed by atoms with van der Waals surface area (Å²) in [5.41, 5.74) is 4.64. The molecule has 0 aliphatic heterocycles. The largest absolute Gasteiger partial charge is 0.480 e. The third-order valence-corrected chi connectivity index (χ3v) is 2.33. The average molecular weight is 276 g/mol. The summed E-state index contributed by atoms with van der Waals surface area (Å²) < 4.78 is 5.19. The van der Waals surface area contributed by atoms with Crippen molar-refractivity contribution in [3.8, 4) is 0 Å². The number of aliphatic carboxylic acids is 1. The summed E-state index contributed by atoms with van der Waals surface area (Å²) in [7, 11) is 0. The molecule has 0 saturated heterocycles. The Kier molecular flexibility index (Phi) is 6.24. The van der Waals surface area contributed by atoms with E-state index in [0.717, 1.165) is 0 Å². The van der Waals surface area contributed by atoms with Gasteiger partial charge in [-0.15, -0.1) is 0 Å². The van der Waals surface area contributed by atoms with E-state index in [1.54, 1.807) is 34.6 Å². The molecule has 0 spiro atoms. The van der Waals surface area contributed by atoms with Gasteiger partial charge in [0.2, 0.25) is 0 Å². The molecule has 2 unspecified atom stereocenters. The van der Waals surface area contributed by atoms with Gasteiger partial charge in [-0.25, -0.2) is 4.79 Å². The van der Waals surface area contributed by atoms with E-state index in [4.69, 9.17) is 15.6 Å². The summed E-state index contributed by atoms with van der Waals surface area (Å²) in [4.78, 5) is 23.9. The van der Waals surface area contributed by atoms with Gasteiger partial charge in [0.05, 0.1) is 12.6 Å². The minimum Gasteiger partial charge on any atom is -0.480 e. The van der Waals surface area contributed by atoms with Crippen molar-refractivity contribution in [2.24, 2.45) is 5.73 Å². The van der Waals surface area contributed by atoms with Gasteiger partial charge in [-0.2, -0.15) is 0 Å². The van der Waals surface area contributed by atoms with Crippen LogP contribution in [-0.2, 0) is 9.53 Å². The summed E-state index contributed by atoms with van der Waals surface area (Å²) in [6.45, 7) is 8.46. The standard InChI is InChI=1S/C12H24N2O5/c1-7(2)14(11(18)19-12(3,4)5)6-8(15)9(13)10(16)17/h7-9,15H,6,13H2,1-5H3,(H,16,17). The second-order valence-corrected chi connectivity index (χ2v) is 5.66. The molecule has 0 aliphatic carbocycles. The lowest BCUT2D eigenvalue weighted by Crippen LogP contribution is -2.51. The van der Waals surface area contributed by atoms with Gasteiger partial charge in [0.1, 0.15) is 11.6 Å². The summed E-state index contributed by atoms with van der Waals surface area (Å²) in [6, 6.07) is -1.69. The lowest BCUT2D eigenvalue weighted by molar-refractivity contribution is -0.141. The number of hydrogen-bond acceptors (Lipinski definition) is 5. The van der Waals surface area contributed by atoms with Gasteiger partial charge < -0.3 is 25.6 Å². The zero-order valence-electron chi connectivity index (χ0n) is 12.1. The normalized spacial score (nSPS) is 14.9. The fourth-order valence-corrected chi connectivity index (χ4v) is 1.30. The summed E-state index contributed by atoms with van der Waals surface area (Å²) in [6.07, 6.45) is -1.97. The molecule has 0 aliphatic rings. The molecule has 1 amide bonds. The molecule has 7 heteroatoms. The molecule has 0 radical (unpaired) electrons. The van der Waals surface area contributed by atoms with Crippen LogP contribution in [0.5, 0.6) is 0 Å². The minimum absolute atomic E-state index is 0.194. The van der Waals surface area contributed by atoms with Crippen LogP contribution in [0.25, 0.3) is 0 Å². The number of nitrogens with zero attached hydrogens (tertiary/aromatic N) is 1. The SMILES string of the molecule is CC(C)N(CC(O)C(N)C(=O)O)C(=O)OC(C)(C)C. The van der Waals surface area contributed by atoms with Crippen LogP contribution in [0.3, 0.4) is 0 Å². The Bertz CT molecular complexity index is 325. The number of aliphatic hydroxyl groups excluding tert-OH is 1. The van der Waals surface area contributed by atoms with Gasteiger partial charge in [-0.3, -0.25) is 4.79 Å². The van der Waals surface area contributed by atoms with Crippen molar-refractivity contribution in [2.75, 3.05) is 6.54 Å². The maximum Gasteiger partial charge on any atom is 0.410 e. The first kappa shape index (κ1) is 17.7. The number of rotatable bonds is 5. The predicted molar refractivity (Wildman–Crippen MR) is 69.7 cm³/mol. The zero-order chi connectivity index (χ0) is 15.4. The summed E-state index contributed by atoms with van der Waals surface area (Å²) in [5, 5.41) is 18.4. The predicted octanol–water partition coefficient (Wildman–Crippen LogP) is 0.405. The van der Waals surface area contributed by atoms with Crippen LogP contribution < -0.4 is 5.73 Å². The molecule has 0 aromatic heterocycles. The van der Waals surface area contributed by atoms with Crippen molar-refractivity contribution in [1.29, 1.82) is 0 Å². The number of amides is 1. The molecular formula is C12H24N2O5. The van der Waals surface area contributed by atoms with Crippen LogP contribution >= 0.6 is 0 Å². The van der Waals surface area contributed by atoms with E-state index >= 15 is 0 Å². The Morgan fingerprint density at radius 2 is 1.79 bits per heavy atom. The molecule has 0 rings (SSSR count). The van der Waals surface area contributed by atoms with Crippen molar-refractivity contribution in [2.45, 2.75) is 58.4 Å². The third kappa shape index (κ3) is 6.40. The van der Waals surface area contributed by atoms with Crippen molar-refractivity contribution in [3.05, 3.63) is 0 Å². The maximum absolute atomic E-state index is 11.9. The number of hydrogen-bond donors (Lipinski definition) is 3. The molecule has 7 nitrogen and oxygen atoms in total. The summed E-state index contributed by atoms with van der Waals surface area (Å²) in [5.74, 6) is -1.32. The van der Waals surface area contributed by atoms with E-state index in [0.29, 0.717) is 0 Å². The van der Waals surface area contributed by atoms with Crippen LogP contribution in [0.4, 0.5) is 4.79 Å². The van der Waals surface area contributed by atoms with Crippen LogP contribution in [0.2, 0.25) is 0 Å². The Morgan fingerprint density at radius 3 is 2.11 bits per heavy atom. The highest BCUT2D eigenvalue weighted by atomic mass is 16.6. The monoisotopic (exact) mass is 276 g/mol. The van der Waals surface area contributed by atoms with Crippen molar-refractivity contribution >= 4 is 12.1 Å². The molecule has 112 valence electrons. The van der Waals surface area contributed by atoms with Gasteiger partial charge in [0.25, 0.3) is 0 Å². The first-order chi connectivity index (χ1) is 8.45. The lowest BCUT2D eigenvalue weighted by Gasteiger charge is -2.32. The van der Waals surface area contributed by atoms with E-state index in [-0.39, 0.29) is 12.6 Å². The van der Waals surface area contributed by atoms with E-state index in [1.807, 2.05) is 0 Å². The second kappa shape index (κ2) is 6.72. The highest BCUT2D eigenvalue weighted by Gasteiger charge is 2.30. The van der Waals surface area contributed by atoms with Gasteiger partial charge in [-0.05, 0) is 34.6 Å². The van der Waals surface area contributed by atoms with Crippen molar-refractivity contribution < 1.29 is 24.5 Å². The van der Waals surface area contributed by atoms with Crippen LogP contribution in [0, 0.1) is 0 Å². The molecule has 4 N–H and O–H groups in total. The number of carbonyl (C=O) groups is 2. The molecule has 19 heavy (non-hydrogen) atoms. The fourth-order valence-electron chi connectivity index (χ4n) is 1.30. The number of nitrogens with two attached hydrogens (primary N) is 1. The van der Waals surface area contributed by atoms with Gasteiger partial charge in [0, 0.05) is 6.04 Å². The lowest BCUT2D eigenvalue weighted by atomic mass is 10.1. The minimum atomic E-state index is -1.44. The number of aliphatic hydroxyl groups is 1. The Morgan fingerprint density at radius 1 is 1.32 bits per heavy atom. The second-order valence-electron chi connectivity index (χ2n) is 5.66. The average Bonchev–Trinajstić information content (AvgIpc) is 2.20. The van der Waals surface area contributed by atoms with E-state index in [2.05, 4.69) is 0 Å². The van der Waals surface area contributed by atoms with Crippen molar-refractivity contribution in [1.82, 2.24) is 4.90 Å². The number of carboxylic acid groups (broad SMARTS) is 1. The maximum atomic E-state index is 11.9. The molecule has 0 aromatic rings. The molecule has 0 fully saturated rings. The smallest absolute Gasteiger partial charge is 0.410 e. The number of carbonyl (C=O) groups excluding carboxylic acids is 1. The highest BCUT2D eigenvalue weighted by molar-refractivity contribution is 5.74. The molecular weight excluding hydrogens is 252 g/mol. The molecule has 0 aromatic carbocycles. The molecule has 0 bridgehead atoms. The van der Waals surface area contributed by atoms with E-state index < -0.39 is 29.8 Å². The van der Waals surface area contributed by atoms with Crippen LogP contribution in [0.15, 0.2) is 0 Å². The van der Waals surface area contributed by atoms with Crippen molar-refractivity contribution in [3.63, 3.8) is 0 Å². The Labute approximate surface area is 113 Å². The topological polar surface area (TPSA) is 113 Å². The Hall–Kier alpha value is -1.34. The van der Waals surface area contributed by atoms with Crippen LogP contribution in [0.1, 0.15) is 34.6 Å². The van der Waals surface area contributed by atoms with Crippen LogP contribution in [-0.4, -0.2) is 57.5 Å². The number of carboxylic acids is 1. The van der Waals surface area contributed by atoms with Gasteiger partial charge >= 0.3 is 12.1 Å². The molecule has 2 atom stereocenters. The highest BCUT2D eigenvalue weighted by Crippen LogP contribution is 2.12. The molecule has 0 heterocycles. The van der Waals surface area contributed by atoms with E-state index in [9.17, 15) is 14.7 Å².